The number of benzene rings is 1. The van der Waals surface area contributed by atoms with Crippen LogP contribution in [0.1, 0.15) is 28.0 Å². The van der Waals surface area contributed by atoms with Crippen molar-refractivity contribution in [3.05, 3.63) is 51.4 Å². The van der Waals surface area contributed by atoms with Gasteiger partial charge in [-0.3, -0.25) is 10.1 Å². The van der Waals surface area contributed by atoms with E-state index >= 15 is 0 Å². The van der Waals surface area contributed by atoms with Crippen LogP contribution in [0.4, 0.5) is 5.13 Å². The number of thiazole rings is 1. The molecule has 6 nitrogen and oxygen atoms in total. The van der Waals surface area contributed by atoms with Gasteiger partial charge >= 0.3 is 0 Å². The number of aromatic nitrogens is 3. The van der Waals surface area contributed by atoms with Crippen molar-refractivity contribution < 1.29 is 9.53 Å². The first kappa shape index (κ1) is 15.6. The summed E-state index contributed by atoms with van der Waals surface area (Å²) >= 11 is 2.91. The van der Waals surface area contributed by atoms with E-state index in [-0.39, 0.29) is 5.91 Å². The molecule has 0 fully saturated rings. The maximum Gasteiger partial charge on any atom is 0.257 e. The summed E-state index contributed by atoms with van der Waals surface area (Å²) in [6.07, 6.45) is 0.804. The van der Waals surface area contributed by atoms with Crippen LogP contribution in [-0.4, -0.2) is 21.1 Å². The molecule has 0 aliphatic heterocycles. The Morgan fingerprint density at radius 3 is 2.74 bits per heavy atom. The Morgan fingerprint density at radius 1 is 1.26 bits per heavy atom. The molecule has 0 saturated heterocycles. The number of aryl methyl sites for hydroxylation is 1. The maximum absolute atomic E-state index is 12.1. The second-order valence-electron chi connectivity index (χ2n) is 4.60. The Balaban J connectivity index is 1.58. The van der Waals surface area contributed by atoms with E-state index in [0.717, 1.165) is 17.1 Å². The highest BCUT2D eigenvalue weighted by atomic mass is 32.1. The van der Waals surface area contributed by atoms with Crippen LogP contribution in [0.5, 0.6) is 5.75 Å². The third-order valence-corrected chi connectivity index (χ3v) is 4.59. The van der Waals surface area contributed by atoms with Gasteiger partial charge in [-0.05, 0) is 30.7 Å². The Bertz CT molecular complexity index is 769. The van der Waals surface area contributed by atoms with Crippen molar-refractivity contribution >= 4 is 33.7 Å². The molecule has 2 aromatic heterocycles. The zero-order chi connectivity index (χ0) is 16.1. The largest absolute Gasteiger partial charge is 0.487 e. The van der Waals surface area contributed by atoms with Crippen LogP contribution in [0.3, 0.4) is 0 Å². The fourth-order valence-corrected chi connectivity index (χ4v) is 3.00. The number of ether oxygens (including phenoxy) is 1. The van der Waals surface area contributed by atoms with E-state index in [0.29, 0.717) is 23.1 Å². The lowest BCUT2D eigenvalue weighted by Crippen LogP contribution is -2.11. The molecule has 0 atom stereocenters. The first-order valence-corrected chi connectivity index (χ1v) is 8.74. The average molecular weight is 346 g/mol. The molecule has 1 amide bonds. The summed E-state index contributed by atoms with van der Waals surface area (Å²) < 4.78 is 5.61. The predicted molar refractivity (Wildman–Crippen MR) is 90.1 cm³/mol. The van der Waals surface area contributed by atoms with E-state index in [1.54, 1.807) is 29.8 Å². The van der Waals surface area contributed by atoms with Crippen LogP contribution in [0.2, 0.25) is 0 Å². The van der Waals surface area contributed by atoms with Crippen LogP contribution in [-0.2, 0) is 13.0 Å². The molecule has 0 unspecified atom stereocenters. The van der Waals surface area contributed by atoms with E-state index in [1.165, 1.54) is 22.7 Å². The number of hydrogen-bond donors (Lipinski definition) is 1. The van der Waals surface area contributed by atoms with Crippen LogP contribution < -0.4 is 10.1 Å². The van der Waals surface area contributed by atoms with Crippen molar-refractivity contribution in [3.8, 4) is 5.75 Å². The van der Waals surface area contributed by atoms with E-state index in [1.807, 2.05) is 12.3 Å². The van der Waals surface area contributed by atoms with E-state index in [4.69, 9.17) is 4.74 Å². The van der Waals surface area contributed by atoms with Gasteiger partial charge in [0.2, 0.25) is 5.13 Å². The summed E-state index contributed by atoms with van der Waals surface area (Å²) in [5.41, 5.74) is 3.20. The summed E-state index contributed by atoms with van der Waals surface area (Å²) in [6.45, 7) is 2.41. The second-order valence-corrected chi connectivity index (χ2v) is 6.38. The molecule has 1 aromatic carbocycles. The standard InChI is InChI=1S/C15H14N4O2S2/c1-2-13-18-19-15(23-13)17-14(20)10-3-5-12(6-4-10)21-7-11-8-22-9-16-11/h3-6,8-9H,2,7H2,1H3,(H,17,19,20). The molecule has 23 heavy (non-hydrogen) atoms. The minimum Gasteiger partial charge on any atom is -0.487 e. The molecule has 3 rings (SSSR count). The third-order valence-electron chi connectivity index (χ3n) is 2.98. The number of hydrogen-bond acceptors (Lipinski definition) is 7. The number of nitrogens with zero attached hydrogens (tertiary/aromatic N) is 3. The summed E-state index contributed by atoms with van der Waals surface area (Å²) in [6, 6.07) is 6.96. The fraction of sp³-hybridized carbons (Fsp3) is 0.200. The van der Waals surface area contributed by atoms with Crippen LogP contribution >= 0.6 is 22.7 Å². The van der Waals surface area contributed by atoms with Gasteiger partial charge < -0.3 is 4.74 Å². The van der Waals surface area contributed by atoms with Gasteiger partial charge in [0.05, 0.1) is 11.2 Å². The SMILES string of the molecule is CCc1nnc(NC(=O)c2ccc(OCc3cscn3)cc2)s1. The summed E-state index contributed by atoms with van der Waals surface area (Å²) in [5, 5.41) is 14.0. The highest BCUT2D eigenvalue weighted by Crippen LogP contribution is 2.18. The molecule has 2 heterocycles. The fourth-order valence-electron chi connectivity index (χ4n) is 1.78. The van der Waals surface area contributed by atoms with E-state index in [2.05, 4.69) is 20.5 Å². The lowest BCUT2D eigenvalue weighted by Gasteiger charge is -2.05. The van der Waals surface area contributed by atoms with Crippen molar-refractivity contribution in [2.24, 2.45) is 0 Å². The zero-order valence-corrected chi connectivity index (χ0v) is 14.0. The van der Waals surface area contributed by atoms with Gasteiger partial charge in [0.25, 0.3) is 5.91 Å². The minimum absolute atomic E-state index is 0.213. The Kier molecular flexibility index (Phi) is 4.94. The van der Waals surface area contributed by atoms with Crippen molar-refractivity contribution in [1.29, 1.82) is 0 Å². The quantitative estimate of drug-likeness (QED) is 0.740. The molecule has 0 bridgehead atoms. The van der Waals surface area contributed by atoms with E-state index < -0.39 is 0 Å². The molecule has 0 spiro atoms. The van der Waals surface area contributed by atoms with Gasteiger partial charge in [-0.15, -0.1) is 21.5 Å². The number of nitrogens with one attached hydrogen (secondary N) is 1. The van der Waals surface area contributed by atoms with Gasteiger partial charge in [0, 0.05) is 10.9 Å². The highest BCUT2D eigenvalue weighted by molar-refractivity contribution is 7.15. The molecule has 0 radical (unpaired) electrons. The maximum atomic E-state index is 12.1. The van der Waals surface area contributed by atoms with Crippen molar-refractivity contribution in [1.82, 2.24) is 15.2 Å². The van der Waals surface area contributed by atoms with Crippen LogP contribution in [0.15, 0.2) is 35.2 Å². The number of amides is 1. The smallest absolute Gasteiger partial charge is 0.257 e. The lowest BCUT2D eigenvalue weighted by molar-refractivity contribution is 0.102. The molecule has 0 aliphatic carbocycles. The van der Waals surface area contributed by atoms with Gasteiger partial charge in [-0.2, -0.15) is 0 Å². The number of rotatable bonds is 6. The first-order valence-electron chi connectivity index (χ1n) is 6.98. The third kappa shape index (κ3) is 4.11. The van der Waals surface area contributed by atoms with Gasteiger partial charge in [-0.25, -0.2) is 4.98 Å². The Labute approximate surface area is 141 Å². The van der Waals surface area contributed by atoms with E-state index in [9.17, 15) is 4.79 Å². The molecular formula is C15H14N4O2S2. The van der Waals surface area contributed by atoms with Crippen LogP contribution in [0.25, 0.3) is 0 Å². The molecule has 0 saturated carbocycles. The molecule has 1 N–H and O–H groups in total. The highest BCUT2D eigenvalue weighted by Gasteiger charge is 2.10. The van der Waals surface area contributed by atoms with Gasteiger partial charge in [0.15, 0.2) is 0 Å². The molecule has 0 aliphatic rings. The number of carbonyl (C=O) groups excluding carboxylic acids is 1. The predicted octanol–water partition coefficient (Wildman–Crippen LogP) is 3.39. The minimum atomic E-state index is -0.213. The number of carbonyl (C=O) groups is 1. The monoisotopic (exact) mass is 346 g/mol. The average Bonchev–Trinajstić information content (AvgIpc) is 3.25. The van der Waals surface area contributed by atoms with Crippen molar-refractivity contribution in [3.63, 3.8) is 0 Å². The molecule has 8 heteroatoms. The topological polar surface area (TPSA) is 77.0 Å². The number of anilines is 1. The second kappa shape index (κ2) is 7.30. The normalized spacial score (nSPS) is 10.5. The van der Waals surface area contributed by atoms with Crippen molar-refractivity contribution in [2.45, 2.75) is 20.0 Å². The van der Waals surface area contributed by atoms with Crippen LogP contribution in [0, 0.1) is 0 Å². The van der Waals surface area contributed by atoms with Gasteiger partial charge in [0.1, 0.15) is 17.4 Å². The lowest BCUT2D eigenvalue weighted by atomic mass is 10.2. The Morgan fingerprint density at radius 2 is 2.09 bits per heavy atom. The van der Waals surface area contributed by atoms with Gasteiger partial charge in [-0.1, -0.05) is 18.3 Å². The summed E-state index contributed by atoms with van der Waals surface area (Å²) in [4.78, 5) is 16.3. The zero-order valence-electron chi connectivity index (χ0n) is 12.4. The Hall–Kier alpha value is -2.32. The van der Waals surface area contributed by atoms with Crippen molar-refractivity contribution in [2.75, 3.05) is 5.32 Å². The molecule has 3 aromatic rings. The molecular weight excluding hydrogens is 332 g/mol. The molecule has 118 valence electrons. The first-order chi connectivity index (χ1) is 11.2. The summed E-state index contributed by atoms with van der Waals surface area (Å²) in [5.74, 6) is 0.480. The summed E-state index contributed by atoms with van der Waals surface area (Å²) in [7, 11) is 0.